The van der Waals surface area contributed by atoms with Crippen LogP contribution in [0.15, 0.2) is 23.2 Å². The molecule has 1 aliphatic heterocycles. The summed E-state index contributed by atoms with van der Waals surface area (Å²) in [6, 6.07) is 5.50. The summed E-state index contributed by atoms with van der Waals surface area (Å²) in [6.45, 7) is 0. The van der Waals surface area contributed by atoms with Crippen LogP contribution in [0.25, 0.3) is 11.6 Å². The molecule has 0 saturated heterocycles. The Labute approximate surface area is 120 Å². The second-order valence-electron chi connectivity index (χ2n) is 4.67. The van der Waals surface area contributed by atoms with Crippen molar-refractivity contribution >= 4 is 35.2 Å². The van der Waals surface area contributed by atoms with Gasteiger partial charge in [-0.1, -0.05) is 11.6 Å². The SMILES string of the molecule is Cn1c(O)c(/C=C2/C=Nc3ccc(Cl)cc32)n(C)c1=N. The van der Waals surface area contributed by atoms with Crippen LogP contribution in [0.3, 0.4) is 0 Å². The van der Waals surface area contributed by atoms with E-state index >= 15 is 0 Å². The maximum Gasteiger partial charge on any atom is 0.218 e. The smallest absolute Gasteiger partial charge is 0.218 e. The van der Waals surface area contributed by atoms with Gasteiger partial charge in [-0.15, -0.1) is 0 Å². The van der Waals surface area contributed by atoms with E-state index < -0.39 is 0 Å². The summed E-state index contributed by atoms with van der Waals surface area (Å²) in [5, 5.41) is 18.6. The van der Waals surface area contributed by atoms with E-state index in [4.69, 9.17) is 17.0 Å². The molecule has 0 bridgehead atoms. The van der Waals surface area contributed by atoms with Crippen LogP contribution in [-0.4, -0.2) is 20.5 Å². The fourth-order valence-electron chi connectivity index (χ4n) is 2.25. The monoisotopic (exact) mass is 288 g/mol. The number of halogens is 1. The normalized spacial score (nSPS) is 15.1. The summed E-state index contributed by atoms with van der Waals surface area (Å²) in [5.74, 6) is 0.0499. The molecule has 20 heavy (non-hydrogen) atoms. The van der Waals surface area contributed by atoms with Crippen molar-refractivity contribution in [3.63, 3.8) is 0 Å². The predicted molar refractivity (Wildman–Crippen MR) is 79.4 cm³/mol. The third-order valence-electron chi connectivity index (χ3n) is 3.45. The van der Waals surface area contributed by atoms with Crippen molar-refractivity contribution in [1.82, 2.24) is 9.13 Å². The molecule has 2 aromatic rings. The van der Waals surface area contributed by atoms with Crippen molar-refractivity contribution < 1.29 is 5.11 Å². The summed E-state index contributed by atoms with van der Waals surface area (Å²) in [7, 11) is 3.38. The lowest BCUT2D eigenvalue weighted by molar-refractivity contribution is 0.427. The van der Waals surface area contributed by atoms with Gasteiger partial charge in [-0.05, 0) is 24.3 Å². The lowest BCUT2D eigenvalue weighted by Gasteiger charge is -2.02. The zero-order valence-electron chi connectivity index (χ0n) is 11.1. The number of allylic oxidation sites excluding steroid dienone is 1. The minimum absolute atomic E-state index is 0.0499. The Morgan fingerprint density at radius 3 is 2.70 bits per heavy atom. The lowest BCUT2D eigenvalue weighted by Crippen LogP contribution is -2.20. The first-order valence-electron chi connectivity index (χ1n) is 6.04. The Balaban J connectivity index is 2.18. The van der Waals surface area contributed by atoms with Gasteiger partial charge in [0.2, 0.25) is 11.5 Å². The van der Waals surface area contributed by atoms with Crippen LogP contribution in [0.4, 0.5) is 5.69 Å². The molecule has 0 fully saturated rings. The number of aromatic nitrogens is 2. The van der Waals surface area contributed by atoms with Crippen LogP contribution in [0.2, 0.25) is 5.02 Å². The Bertz CT molecular complexity index is 826. The number of nitrogens with zero attached hydrogens (tertiary/aromatic N) is 3. The van der Waals surface area contributed by atoms with E-state index in [2.05, 4.69) is 4.99 Å². The fraction of sp³-hybridized carbons (Fsp3) is 0.143. The number of rotatable bonds is 1. The van der Waals surface area contributed by atoms with Gasteiger partial charge in [0.15, 0.2) is 0 Å². The summed E-state index contributed by atoms with van der Waals surface area (Å²) in [5.41, 5.74) is 3.42. The van der Waals surface area contributed by atoms with E-state index in [1.54, 1.807) is 37.0 Å². The third kappa shape index (κ3) is 1.78. The van der Waals surface area contributed by atoms with Gasteiger partial charge in [-0.2, -0.15) is 0 Å². The number of fused-ring (bicyclic) bond motifs is 1. The van der Waals surface area contributed by atoms with Crippen LogP contribution in [0, 0.1) is 5.41 Å². The number of hydrogen-bond donors (Lipinski definition) is 2. The Morgan fingerprint density at radius 1 is 1.30 bits per heavy atom. The van der Waals surface area contributed by atoms with Gasteiger partial charge >= 0.3 is 0 Å². The Hall–Kier alpha value is -2.27. The third-order valence-corrected chi connectivity index (χ3v) is 3.68. The highest BCUT2D eigenvalue weighted by atomic mass is 35.5. The molecule has 102 valence electrons. The molecule has 0 amide bonds. The molecule has 0 unspecified atom stereocenters. The first-order valence-corrected chi connectivity index (χ1v) is 6.42. The number of benzene rings is 1. The standard InChI is InChI=1S/C14H13ClN4O/c1-18-12(13(20)19(2)14(18)16)5-8-7-17-11-4-3-9(15)6-10(8)11/h3-7,16,20H,1-2H3/b8-5-,16-14?. The van der Waals surface area contributed by atoms with Gasteiger partial charge in [0.1, 0.15) is 5.69 Å². The molecule has 6 heteroatoms. The van der Waals surface area contributed by atoms with Gasteiger partial charge in [0, 0.05) is 36.5 Å². The van der Waals surface area contributed by atoms with E-state index in [9.17, 15) is 5.11 Å². The van der Waals surface area contributed by atoms with Crippen LogP contribution < -0.4 is 5.62 Å². The highest BCUT2D eigenvalue weighted by molar-refractivity contribution is 6.31. The van der Waals surface area contributed by atoms with E-state index in [1.807, 2.05) is 12.1 Å². The van der Waals surface area contributed by atoms with E-state index in [0.717, 1.165) is 16.8 Å². The van der Waals surface area contributed by atoms with E-state index in [0.29, 0.717) is 10.7 Å². The number of imidazole rings is 1. The average Bonchev–Trinajstić information content (AvgIpc) is 2.90. The molecule has 0 atom stereocenters. The van der Waals surface area contributed by atoms with Gasteiger partial charge in [0.05, 0.1) is 5.69 Å². The highest BCUT2D eigenvalue weighted by Gasteiger charge is 2.16. The minimum Gasteiger partial charge on any atom is -0.493 e. The van der Waals surface area contributed by atoms with E-state index in [1.165, 1.54) is 4.57 Å². The van der Waals surface area contributed by atoms with Gasteiger partial charge in [-0.3, -0.25) is 15.0 Å². The lowest BCUT2D eigenvalue weighted by atomic mass is 10.1. The van der Waals surface area contributed by atoms with Crippen LogP contribution in [0.5, 0.6) is 5.88 Å². The van der Waals surface area contributed by atoms with Gasteiger partial charge in [0.25, 0.3) is 0 Å². The van der Waals surface area contributed by atoms with Crippen molar-refractivity contribution in [3.05, 3.63) is 40.1 Å². The molecule has 0 saturated carbocycles. The molecule has 1 aromatic heterocycles. The number of aliphatic imine (C=N–C) groups is 1. The zero-order chi connectivity index (χ0) is 14.4. The van der Waals surface area contributed by atoms with Crippen molar-refractivity contribution in [2.45, 2.75) is 0 Å². The Morgan fingerprint density at radius 2 is 2.05 bits per heavy atom. The van der Waals surface area contributed by atoms with Crippen LogP contribution in [0.1, 0.15) is 11.3 Å². The van der Waals surface area contributed by atoms with Crippen LogP contribution >= 0.6 is 11.6 Å². The minimum atomic E-state index is 0.0499. The maximum absolute atomic E-state index is 10.1. The molecule has 2 heterocycles. The molecule has 0 aliphatic carbocycles. The molecule has 0 radical (unpaired) electrons. The fourth-order valence-corrected chi connectivity index (χ4v) is 2.42. The average molecular weight is 289 g/mol. The predicted octanol–water partition coefficient (Wildman–Crippen LogP) is 2.46. The summed E-state index contributed by atoms with van der Waals surface area (Å²) >= 11 is 6.01. The largest absolute Gasteiger partial charge is 0.493 e. The summed E-state index contributed by atoms with van der Waals surface area (Å²) in [4.78, 5) is 4.31. The first kappa shape index (κ1) is 12.7. The second kappa shape index (κ2) is 4.38. The second-order valence-corrected chi connectivity index (χ2v) is 5.11. The summed E-state index contributed by atoms with van der Waals surface area (Å²) < 4.78 is 3.02. The first-order chi connectivity index (χ1) is 9.49. The molecule has 1 aromatic carbocycles. The number of hydrogen-bond acceptors (Lipinski definition) is 3. The number of aromatic hydroxyl groups is 1. The highest BCUT2D eigenvalue weighted by Crippen LogP contribution is 2.35. The van der Waals surface area contributed by atoms with Crippen LogP contribution in [-0.2, 0) is 14.1 Å². The summed E-state index contributed by atoms with van der Waals surface area (Å²) in [6.07, 6.45) is 3.54. The molecule has 3 rings (SSSR count). The molecule has 0 spiro atoms. The molecule has 2 N–H and O–H groups in total. The zero-order valence-corrected chi connectivity index (χ0v) is 11.8. The van der Waals surface area contributed by atoms with Crippen molar-refractivity contribution in [3.8, 4) is 5.88 Å². The quantitative estimate of drug-likeness (QED) is 0.832. The molecule has 5 nitrogen and oxygen atoms in total. The number of nitrogens with one attached hydrogen (secondary N) is 1. The maximum atomic E-state index is 10.1. The van der Waals surface area contributed by atoms with Crippen molar-refractivity contribution in [2.24, 2.45) is 19.1 Å². The van der Waals surface area contributed by atoms with Gasteiger partial charge in [-0.25, -0.2) is 0 Å². The molecular weight excluding hydrogens is 276 g/mol. The molecule has 1 aliphatic rings. The molecular formula is C14H13ClN4O. The van der Waals surface area contributed by atoms with E-state index in [-0.39, 0.29) is 11.5 Å². The van der Waals surface area contributed by atoms with Gasteiger partial charge < -0.3 is 9.67 Å². The topological polar surface area (TPSA) is 66.3 Å². The van der Waals surface area contributed by atoms with Crippen molar-refractivity contribution in [1.29, 1.82) is 5.41 Å². The Kier molecular flexibility index (Phi) is 2.79. The van der Waals surface area contributed by atoms with Crippen molar-refractivity contribution in [2.75, 3.05) is 0 Å².